The van der Waals surface area contributed by atoms with E-state index in [2.05, 4.69) is 20.5 Å². The maximum absolute atomic E-state index is 12.7. The first kappa shape index (κ1) is 16.8. The molecule has 136 valence electrons. The molecule has 0 saturated carbocycles. The number of amides is 1. The van der Waals surface area contributed by atoms with Gasteiger partial charge in [-0.15, -0.1) is 0 Å². The van der Waals surface area contributed by atoms with Crippen LogP contribution in [0.2, 0.25) is 0 Å². The van der Waals surface area contributed by atoms with E-state index < -0.39 is 0 Å². The van der Waals surface area contributed by atoms with Gasteiger partial charge in [0.25, 0.3) is 0 Å². The molecule has 1 atom stereocenters. The number of nitrogens with zero attached hydrogens (tertiary/aromatic N) is 3. The number of rotatable bonds is 5. The second-order valence-electron chi connectivity index (χ2n) is 6.86. The van der Waals surface area contributed by atoms with Gasteiger partial charge in [0.2, 0.25) is 5.91 Å². The summed E-state index contributed by atoms with van der Waals surface area (Å²) in [5.74, 6) is 1.24. The third kappa shape index (κ3) is 3.48. The summed E-state index contributed by atoms with van der Waals surface area (Å²) < 4.78 is 7.47. The van der Waals surface area contributed by atoms with E-state index in [0.717, 1.165) is 48.3 Å². The van der Waals surface area contributed by atoms with Gasteiger partial charge in [-0.25, -0.2) is 4.98 Å². The van der Waals surface area contributed by atoms with Crippen LogP contribution in [0.5, 0.6) is 0 Å². The van der Waals surface area contributed by atoms with Crippen LogP contribution in [0.1, 0.15) is 30.3 Å². The Labute approximate surface area is 151 Å². The molecular weight excluding hydrogens is 330 g/mol. The molecule has 1 unspecified atom stereocenters. The Balaban J connectivity index is 1.50. The van der Waals surface area contributed by atoms with E-state index in [9.17, 15) is 4.79 Å². The van der Waals surface area contributed by atoms with Crippen molar-refractivity contribution < 1.29 is 9.53 Å². The molecule has 1 saturated heterocycles. The third-order valence-corrected chi connectivity index (χ3v) is 5.06. The third-order valence-electron chi connectivity index (χ3n) is 5.06. The van der Waals surface area contributed by atoms with Gasteiger partial charge >= 0.3 is 0 Å². The van der Waals surface area contributed by atoms with Crippen molar-refractivity contribution in [1.29, 1.82) is 0 Å². The first-order valence-electron chi connectivity index (χ1n) is 8.97. The summed E-state index contributed by atoms with van der Waals surface area (Å²) in [6.45, 7) is 1.47. The molecule has 4 rings (SSSR count). The van der Waals surface area contributed by atoms with Gasteiger partial charge < -0.3 is 14.6 Å². The Morgan fingerprint density at radius 3 is 3.04 bits per heavy atom. The van der Waals surface area contributed by atoms with Crippen LogP contribution in [0.4, 0.5) is 0 Å². The van der Waals surface area contributed by atoms with Crippen LogP contribution in [0.25, 0.3) is 10.9 Å². The highest BCUT2D eigenvalue weighted by molar-refractivity contribution is 5.83. The summed E-state index contributed by atoms with van der Waals surface area (Å²) in [5, 5.41) is 11.2. The number of fused-ring (bicyclic) bond motifs is 1. The molecule has 7 heteroatoms. The Morgan fingerprint density at radius 2 is 2.27 bits per heavy atom. The van der Waals surface area contributed by atoms with Crippen molar-refractivity contribution in [2.75, 3.05) is 13.2 Å². The number of imidazole rings is 1. The number of carbonyl (C=O) groups is 1. The molecule has 7 nitrogen and oxygen atoms in total. The van der Waals surface area contributed by atoms with E-state index in [4.69, 9.17) is 4.74 Å². The number of aromatic nitrogens is 4. The molecular formula is C19H23N5O2. The van der Waals surface area contributed by atoms with Crippen LogP contribution in [-0.4, -0.2) is 38.9 Å². The summed E-state index contributed by atoms with van der Waals surface area (Å²) in [6, 6.07) is 5.83. The van der Waals surface area contributed by atoms with Gasteiger partial charge in [-0.05, 0) is 36.5 Å². The maximum Gasteiger partial charge on any atom is 0.225 e. The maximum atomic E-state index is 12.7. The zero-order chi connectivity index (χ0) is 17.9. The molecule has 2 aromatic heterocycles. The summed E-state index contributed by atoms with van der Waals surface area (Å²) >= 11 is 0. The first-order chi connectivity index (χ1) is 12.7. The van der Waals surface area contributed by atoms with Crippen molar-refractivity contribution in [3.8, 4) is 0 Å². The van der Waals surface area contributed by atoms with Crippen molar-refractivity contribution in [1.82, 2.24) is 25.1 Å². The van der Waals surface area contributed by atoms with E-state index >= 15 is 0 Å². The van der Waals surface area contributed by atoms with Crippen molar-refractivity contribution in [3.63, 3.8) is 0 Å². The molecule has 0 bridgehead atoms. The minimum Gasteiger partial charge on any atom is -0.381 e. The van der Waals surface area contributed by atoms with Crippen molar-refractivity contribution >= 4 is 16.8 Å². The molecule has 0 spiro atoms. The lowest BCUT2D eigenvalue weighted by Crippen LogP contribution is -2.38. The Bertz CT molecular complexity index is 894. The van der Waals surface area contributed by atoms with Gasteiger partial charge in [-0.3, -0.25) is 9.89 Å². The topological polar surface area (TPSA) is 84.8 Å². The van der Waals surface area contributed by atoms with Crippen LogP contribution in [0.15, 0.2) is 36.8 Å². The molecule has 2 N–H and O–H groups in total. The number of hydrogen-bond donors (Lipinski definition) is 2. The van der Waals surface area contributed by atoms with Gasteiger partial charge in [-0.2, -0.15) is 5.10 Å². The van der Waals surface area contributed by atoms with Gasteiger partial charge in [0.05, 0.1) is 24.2 Å². The minimum atomic E-state index is -0.0935. The lowest BCUT2D eigenvalue weighted by Gasteiger charge is -2.30. The van der Waals surface area contributed by atoms with Crippen molar-refractivity contribution in [2.45, 2.75) is 25.3 Å². The number of benzene rings is 1. The fraction of sp³-hybridized carbons (Fsp3) is 0.421. The molecule has 1 fully saturated rings. The molecule has 0 radical (unpaired) electrons. The van der Waals surface area contributed by atoms with Crippen LogP contribution < -0.4 is 5.32 Å². The van der Waals surface area contributed by atoms with Crippen molar-refractivity contribution in [2.24, 2.45) is 13.0 Å². The number of hydrogen-bond acceptors (Lipinski definition) is 4. The summed E-state index contributed by atoms with van der Waals surface area (Å²) in [7, 11) is 1.97. The average Bonchev–Trinajstić information content (AvgIpc) is 3.29. The fourth-order valence-corrected chi connectivity index (χ4v) is 3.63. The summed E-state index contributed by atoms with van der Waals surface area (Å²) in [6.07, 6.45) is 7.67. The van der Waals surface area contributed by atoms with E-state index in [1.165, 1.54) is 0 Å². The van der Waals surface area contributed by atoms with E-state index in [1.807, 2.05) is 36.0 Å². The molecule has 3 aromatic rings. The Kier molecular flexibility index (Phi) is 4.71. The van der Waals surface area contributed by atoms with E-state index in [0.29, 0.717) is 12.3 Å². The van der Waals surface area contributed by atoms with Crippen LogP contribution in [-0.2, 0) is 23.0 Å². The molecule has 3 heterocycles. The second kappa shape index (κ2) is 7.29. The predicted octanol–water partition coefficient (Wildman–Crippen LogP) is 2.12. The number of ether oxygens (including phenoxy) is 1. The molecule has 1 aliphatic rings. The Morgan fingerprint density at radius 1 is 1.42 bits per heavy atom. The number of aromatic amines is 1. The summed E-state index contributed by atoms with van der Waals surface area (Å²) in [4.78, 5) is 17.2. The molecule has 26 heavy (non-hydrogen) atoms. The quantitative estimate of drug-likeness (QED) is 0.736. The molecule has 0 aliphatic carbocycles. The normalized spacial score (nSPS) is 16.7. The lowest BCUT2D eigenvalue weighted by atomic mass is 9.90. The summed E-state index contributed by atoms with van der Waals surface area (Å²) in [5.41, 5.74) is 1.95. The van der Waals surface area contributed by atoms with Crippen LogP contribution in [0, 0.1) is 5.92 Å². The second-order valence-corrected chi connectivity index (χ2v) is 6.86. The number of H-pyrrole nitrogens is 1. The van der Waals surface area contributed by atoms with E-state index in [-0.39, 0.29) is 11.9 Å². The van der Waals surface area contributed by atoms with Crippen LogP contribution in [0.3, 0.4) is 0 Å². The van der Waals surface area contributed by atoms with Crippen LogP contribution >= 0.6 is 0 Å². The van der Waals surface area contributed by atoms with Crippen molar-refractivity contribution in [3.05, 3.63) is 48.2 Å². The fourth-order valence-electron chi connectivity index (χ4n) is 3.63. The molecule has 1 aromatic carbocycles. The zero-order valence-corrected chi connectivity index (χ0v) is 14.8. The first-order valence-corrected chi connectivity index (χ1v) is 8.97. The smallest absolute Gasteiger partial charge is 0.225 e. The Hall–Kier alpha value is -2.67. The number of nitrogens with one attached hydrogen (secondary N) is 2. The SMILES string of the molecule is Cn1ccnc1C(NC(=O)Cc1ccc2[nH]ncc2c1)C1CCOCC1. The highest BCUT2D eigenvalue weighted by atomic mass is 16.5. The largest absolute Gasteiger partial charge is 0.381 e. The monoisotopic (exact) mass is 353 g/mol. The van der Waals surface area contributed by atoms with Gasteiger partial charge in [-0.1, -0.05) is 6.07 Å². The van der Waals surface area contributed by atoms with Gasteiger partial charge in [0, 0.05) is 38.0 Å². The van der Waals surface area contributed by atoms with Gasteiger partial charge in [0.15, 0.2) is 0 Å². The number of aryl methyl sites for hydroxylation is 1. The number of carbonyl (C=O) groups excluding carboxylic acids is 1. The van der Waals surface area contributed by atoms with Gasteiger partial charge in [0.1, 0.15) is 5.82 Å². The molecule has 1 aliphatic heterocycles. The average molecular weight is 353 g/mol. The highest BCUT2D eigenvalue weighted by Gasteiger charge is 2.29. The predicted molar refractivity (Wildman–Crippen MR) is 97.4 cm³/mol. The molecule has 1 amide bonds. The minimum absolute atomic E-state index is 0.00679. The van der Waals surface area contributed by atoms with E-state index in [1.54, 1.807) is 12.4 Å². The standard InChI is InChI=1S/C19H23N5O2/c1-24-7-6-20-19(24)18(14-4-8-26-9-5-14)22-17(25)11-13-2-3-16-15(10-13)12-21-23-16/h2-3,6-7,10,12,14,18H,4-5,8-9,11H2,1H3,(H,21,23)(H,22,25). The highest BCUT2D eigenvalue weighted by Crippen LogP contribution is 2.29. The lowest BCUT2D eigenvalue weighted by molar-refractivity contribution is -0.122. The zero-order valence-electron chi connectivity index (χ0n) is 14.8.